The van der Waals surface area contributed by atoms with Crippen molar-refractivity contribution >= 4 is 66.1 Å². The number of hydrogen-bond acceptors (Lipinski definition) is 0. The Balaban J connectivity index is 1.75. The molecule has 158 valence electrons. The van der Waals surface area contributed by atoms with E-state index in [1.807, 2.05) is 0 Å². The lowest BCUT2D eigenvalue weighted by Gasteiger charge is -2.16. The zero-order valence-electron chi connectivity index (χ0n) is 18.8. The lowest BCUT2D eigenvalue weighted by atomic mass is 9.89. The van der Waals surface area contributed by atoms with Gasteiger partial charge >= 0.3 is 0 Å². The van der Waals surface area contributed by atoms with Crippen molar-refractivity contribution in [1.29, 1.82) is 0 Å². The van der Waals surface area contributed by atoms with Crippen LogP contribution in [0.15, 0.2) is 85.5 Å². The molecule has 0 spiro atoms. The first-order valence-corrected chi connectivity index (χ1v) is 11.9. The zero-order valence-corrected chi connectivity index (χ0v) is 18.8. The van der Waals surface area contributed by atoms with E-state index in [0.717, 1.165) is 12.8 Å². The number of allylic oxidation sites excluding steroid dienone is 3. The Hall–Kier alpha value is -3.84. The molecule has 1 aliphatic carbocycles. The van der Waals surface area contributed by atoms with Crippen LogP contribution in [0.1, 0.15) is 37.1 Å². The maximum Gasteiger partial charge on any atom is 0.0525 e. The molecule has 1 aromatic heterocycles. The predicted octanol–water partition coefficient (Wildman–Crippen LogP) is 9.26. The fraction of sp³-hybridized carbons (Fsp3) is 0.125. The number of benzene rings is 5. The first-order valence-electron chi connectivity index (χ1n) is 11.9. The third-order valence-corrected chi connectivity index (χ3v) is 7.52. The number of hydrogen-bond donors (Lipinski definition) is 0. The topological polar surface area (TPSA) is 4.93 Å². The van der Waals surface area contributed by atoms with Crippen LogP contribution in [0.3, 0.4) is 0 Å². The average Bonchev–Trinajstić information content (AvgIpc) is 3.48. The fourth-order valence-electron chi connectivity index (χ4n) is 6.21. The molecule has 1 aliphatic rings. The summed E-state index contributed by atoms with van der Waals surface area (Å²) in [5.74, 6) is 0. The molecule has 0 N–H and O–H groups in total. The van der Waals surface area contributed by atoms with Gasteiger partial charge in [-0.05, 0) is 81.1 Å². The summed E-state index contributed by atoms with van der Waals surface area (Å²) in [6.07, 6.45) is 13.4. The van der Waals surface area contributed by atoms with Gasteiger partial charge in [0.1, 0.15) is 0 Å². The second-order valence-corrected chi connectivity index (χ2v) is 9.24. The third kappa shape index (κ3) is 2.42. The normalized spacial score (nSPS) is 16.6. The second kappa shape index (κ2) is 6.83. The van der Waals surface area contributed by atoms with Crippen molar-refractivity contribution in [3.05, 3.63) is 96.7 Å². The Labute approximate surface area is 193 Å². The molecule has 0 saturated heterocycles. The summed E-state index contributed by atoms with van der Waals surface area (Å²) in [6, 6.07) is 23.2. The summed E-state index contributed by atoms with van der Waals surface area (Å²) in [6.45, 7) is 6.37. The van der Waals surface area contributed by atoms with Crippen LogP contribution in [-0.2, 0) is 0 Å². The molecule has 1 nitrogen and oxygen atoms in total. The van der Waals surface area contributed by atoms with E-state index in [4.69, 9.17) is 0 Å². The van der Waals surface area contributed by atoms with Crippen molar-refractivity contribution in [3.8, 4) is 0 Å². The van der Waals surface area contributed by atoms with Gasteiger partial charge in [0, 0.05) is 16.6 Å². The predicted molar refractivity (Wildman–Crippen MR) is 145 cm³/mol. The van der Waals surface area contributed by atoms with Gasteiger partial charge in [0.05, 0.1) is 11.6 Å². The van der Waals surface area contributed by atoms with E-state index in [2.05, 4.69) is 109 Å². The maximum absolute atomic E-state index is 4.27. The number of rotatable bonds is 3. The molecule has 1 unspecified atom stereocenters. The molecule has 1 heteroatoms. The van der Waals surface area contributed by atoms with Gasteiger partial charge in [-0.25, -0.2) is 0 Å². The van der Waals surface area contributed by atoms with Crippen LogP contribution in [0, 0.1) is 0 Å². The van der Waals surface area contributed by atoms with Crippen LogP contribution in [0.4, 0.5) is 0 Å². The Kier molecular flexibility index (Phi) is 3.87. The van der Waals surface area contributed by atoms with E-state index in [-0.39, 0.29) is 0 Å². The lowest BCUT2D eigenvalue weighted by molar-refractivity contribution is 0.606. The number of fused-ring (bicyclic) bond motifs is 4. The first-order chi connectivity index (χ1) is 16.3. The Morgan fingerprint density at radius 2 is 1.58 bits per heavy atom. The summed E-state index contributed by atoms with van der Waals surface area (Å²) in [5, 5.41) is 12.0. The molecular weight excluding hydrogens is 398 g/mol. The lowest BCUT2D eigenvalue weighted by Crippen LogP contribution is -2.05. The smallest absolute Gasteiger partial charge is 0.0525 e. The van der Waals surface area contributed by atoms with Gasteiger partial charge in [-0.1, -0.05) is 79.4 Å². The van der Waals surface area contributed by atoms with Crippen LogP contribution < -0.4 is 0 Å². The van der Waals surface area contributed by atoms with Crippen molar-refractivity contribution in [3.63, 3.8) is 0 Å². The van der Waals surface area contributed by atoms with Gasteiger partial charge < -0.3 is 4.57 Å². The van der Waals surface area contributed by atoms with E-state index in [9.17, 15) is 0 Å². The molecule has 5 aromatic carbocycles. The zero-order chi connectivity index (χ0) is 22.1. The van der Waals surface area contributed by atoms with E-state index < -0.39 is 0 Å². The van der Waals surface area contributed by atoms with E-state index in [1.54, 1.807) is 0 Å². The van der Waals surface area contributed by atoms with Gasteiger partial charge in [0.15, 0.2) is 0 Å². The van der Waals surface area contributed by atoms with Gasteiger partial charge in [-0.2, -0.15) is 0 Å². The highest BCUT2D eigenvalue weighted by molar-refractivity contribution is 6.33. The molecule has 0 bridgehead atoms. The summed E-state index contributed by atoms with van der Waals surface area (Å²) < 4.78 is 2.53. The van der Waals surface area contributed by atoms with Crippen LogP contribution in [-0.4, -0.2) is 4.57 Å². The van der Waals surface area contributed by atoms with Crippen LogP contribution in [0.25, 0.3) is 66.1 Å². The highest BCUT2D eigenvalue weighted by atomic mass is 15.0. The average molecular weight is 424 g/mol. The van der Waals surface area contributed by atoms with Crippen molar-refractivity contribution in [1.82, 2.24) is 4.57 Å². The monoisotopic (exact) mass is 423 g/mol. The molecular formula is C32H25N. The largest absolute Gasteiger partial charge is 0.333 e. The van der Waals surface area contributed by atoms with Crippen molar-refractivity contribution in [2.24, 2.45) is 0 Å². The van der Waals surface area contributed by atoms with Gasteiger partial charge in [-0.3, -0.25) is 0 Å². The maximum atomic E-state index is 4.27. The van der Waals surface area contributed by atoms with Gasteiger partial charge in [-0.15, -0.1) is 0 Å². The molecule has 0 fully saturated rings. The fourth-order valence-corrected chi connectivity index (χ4v) is 6.21. The Morgan fingerprint density at radius 3 is 2.30 bits per heavy atom. The van der Waals surface area contributed by atoms with E-state index in [0.29, 0.717) is 6.04 Å². The summed E-state index contributed by atoms with van der Waals surface area (Å²) >= 11 is 0. The highest BCUT2D eigenvalue weighted by Crippen LogP contribution is 2.44. The van der Waals surface area contributed by atoms with Crippen molar-refractivity contribution in [2.45, 2.75) is 25.8 Å². The minimum absolute atomic E-state index is 0.393. The summed E-state index contributed by atoms with van der Waals surface area (Å²) in [5.41, 5.74) is 3.80. The summed E-state index contributed by atoms with van der Waals surface area (Å²) in [4.78, 5) is 0. The van der Waals surface area contributed by atoms with E-state index in [1.165, 1.54) is 65.3 Å². The third-order valence-electron chi connectivity index (χ3n) is 7.52. The molecule has 0 saturated carbocycles. The molecule has 0 amide bonds. The quantitative estimate of drug-likeness (QED) is 0.152. The molecule has 0 radical (unpaired) electrons. The molecule has 7 rings (SSSR count). The minimum atomic E-state index is 0.393. The summed E-state index contributed by atoms with van der Waals surface area (Å²) in [7, 11) is 0. The van der Waals surface area contributed by atoms with Crippen LogP contribution >= 0.6 is 0 Å². The molecule has 1 heterocycles. The minimum Gasteiger partial charge on any atom is -0.333 e. The number of aromatic nitrogens is 1. The highest BCUT2D eigenvalue weighted by Gasteiger charge is 2.23. The van der Waals surface area contributed by atoms with Crippen molar-refractivity contribution in [2.75, 3.05) is 0 Å². The Bertz CT molecular complexity index is 1780. The van der Waals surface area contributed by atoms with Crippen LogP contribution in [0.5, 0.6) is 0 Å². The van der Waals surface area contributed by atoms with Gasteiger partial charge in [0.25, 0.3) is 0 Å². The first kappa shape index (κ1) is 18.7. The van der Waals surface area contributed by atoms with Crippen LogP contribution in [0.2, 0.25) is 0 Å². The van der Waals surface area contributed by atoms with Crippen molar-refractivity contribution < 1.29 is 0 Å². The standard InChI is InChI=1S/C32H25N/c1-3-8-27-25(4-2)32-28(33(27)24-11-5-6-12-24)18-16-23-19-22-14-13-20-9-7-10-21-15-17-26(31(23)32)30(22)29(20)21/h3-5,7-11,13-19,24H,2,6,12H2,1H3/b8-3-. The Morgan fingerprint density at radius 1 is 0.848 bits per heavy atom. The second-order valence-electron chi connectivity index (χ2n) is 9.24. The van der Waals surface area contributed by atoms with E-state index >= 15 is 0 Å². The molecule has 33 heavy (non-hydrogen) atoms. The SMILES string of the molecule is C=Cc1c(/C=C\C)n(C2C=CCC2)c2ccc3cc4ccc5cccc6ccc(c3c12)c4c56. The molecule has 0 aliphatic heterocycles. The molecule has 6 aromatic rings. The van der Waals surface area contributed by atoms with Gasteiger partial charge in [0.2, 0.25) is 0 Å². The molecule has 1 atom stereocenters. The number of nitrogens with zero attached hydrogens (tertiary/aromatic N) is 1.